The van der Waals surface area contributed by atoms with Crippen molar-refractivity contribution in [2.24, 2.45) is 0 Å². The van der Waals surface area contributed by atoms with E-state index in [1.807, 2.05) is 0 Å². The average Bonchev–Trinajstić information content (AvgIpc) is 3.71. The first-order chi connectivity index (χ1) is 25.9. The lowest BCUT2D eigenvalue weighted by Gasteiger charge is -2.48. The predicted octanol–water partition coefficient (Wildman–Crippen LogP) is -0.977. The number of hydrogen-bond donors (Lipinski definition) is 0. The van der Waals surface area contributed by atoms with Crippen LogP contribution in [0.5, 0.6) is 0 Å². The van der Waals surface area contributed by atoms with Gasteiger partial charge in [0.25, 0.3) is 0 Å². The fourth-order valence-corrected chi connectivity index (χ4v) is 5.98. The molecule has 4 heterocycles. The van der Waals surface area contributed by atoms with E-state index in [9.17, 15) is 38.4 Å². The van der Waals surface area contributed by atoms with Crippen molar-refractivity contribution in [2.75, 3.05) is 26.4 Å². The number of nitrogens with zero attached hydrogens (tertiary/aromatic N) is 4. The second-order valence-corrected chi connectivity index (χ2v) is 12.4. The van der Waals surface area contributed by atoms with Gasteiger partial charge in [-0.25, -0.2) is 9.48 Å². The molecule has 0 unspecified atom stereocenters. The molecule has 0 aromatic carbocycles. The monoisotopic (exact) mass is 786 g/mol. The van der Waals surface area contributed by atoms with Gasteiger partial charge >= 0.3 is 47.9 Å². The third-order valence-corrected chi connectivity index (χ3v) is 7.92. The molecule has 0 radical (unpaired) electrons. The third-order valence-electron chi connectivity index (χ3n) is 7.92. The van der Waals surface area contributed by atoms with Gasteiger partial charge in [0.2, 0.25) is 0 Å². The second-order valence-electron chi connectivity index (χ2n) is 12.4. The zero-order valence-corrected chi connectivity index (χ0v) is 30.9. The van der Waals surface area contributed by atoms with E-state index in [1.165, 1.54) is 11.1 Å². The highest BCUT2D eigenvalue weighted by atomic mass is 16.8. The Kier molecular flexibility index (Phi) is 14.4. The molecule has 1 aromatic heterocycles. The Morgan fingerprint density at radius 3 is 1.65 bits per heavy atom. The molecule has 0 saturated carbocycles. The van der Waals surface area contributed by atoms with Crippen LogP contribution in [0.3, 0.4) is 0 Å². The zero-order valence-electron chi connectivity index (χ0n) is 30.9. The van der Waals surface area contributed by atoms with Gasteiger partial charge in [0.05, 0.1) is 19.3 Å². The van der Waals surface area contributed by atoms with Crippen molar-refractivity contribution in [3.05, 3.63) is 11.9 Å². The lowest BCUT2D eigenvalue weighted by molar-refractivity contribution is -0.349. The molecule has 3 aliphatic heterocycles. The highest BCUT2D eigenvalue weighted by Crippen LogP contribution is 2.38. The SMILES string of the molecule is CC(=O)OC[C@H]1O[C@@H](O[C@H]2[C@H](OC(C)=O)[C@@H](OC(C)=O)[C@H](n3cc(CN4CCOC4=O)nn3)O[C@@H]2COC(C)=O)[C@H](OC(C)=O)[C@@H](OC(C)=O)[C@H]1OC(C)=O. The molecule has 4 rings (SSSR count). The van der Waals surface area contributed by atoms with Crippen LogP contribution in [0.2, 0.25) is 0 Å². The van der Waals surface area contributed by atoms with Crippen molar-refractivity contribution < 1.29 is 90.5 Å². The van der Waals surface area contributed by atoms with Crippen LogP contribution >= 0.6 is 0 Å². The van der Waals surface area contributed by atoms with Gasteiger partial charge in [-0.1, -0.05) is 5.21 Å². The van der Waals surface area contributed by atoms with Crippen LogP contribution in [0.4, 0.5) is 4.79 Å². The quantitative estimate of drug-likeness (QED) is 0.162. The zero-order chi connectivity index (χ0) is 40.6. The first-order valence-corrected chi connectivity index (χ1v) is 16.8. The molecule has 0 spiro atoms. The fraction of sp³-hybridized carbons (Fsp3) is 0.688. The Morgan fingerprint density at radius 1 is 0.655 bits per heavy atom. The van der Waals surface area contributed by atoms with Gasteiger partial charge in [-0.3, -0.25) is 38.5 Å². The third kappa shape index (κ3) is 11.5. The minimum atomic E-state index is -1.83. The van der Waals surface area contributed by atoms with Gasteiger partial charge in [0, 0.05) is 48.5 Å². The molecule has 3 fully saturated rings. The number of amides is 1. The van der Waals surface area contributed by atoms with E-state index in [4.69, 9.17) is 52.1 Å². The van der Waals surface area contributed by atoms with E-state index in [-0.39, 0.29) is 18.8 Å². The van der Waals surface area contributed by atoms with E-state index < -0.39 is 122 Å². The van der Waals surface area contributed by atoms with Gasteiger partial charge in [-0.05, 0) is 0 Å². The highest BCUT2D eigenvalue weighted by Gasteiger charge is 2.58. The molecule has 0 N–H and O–H groups in total. The maximum atomic E-state index is 12.7. The van der Waals surface area contributed by atoms with E-state index in [1.54, 1.807) is 0 Å². The van der Waals surface area contributed by atoms with Crippen molar-refractivity contribution in [1.29, 1.82) is 0 Å². The van der Waals surface area contributed by atoms with Crippen LogP contribution < -0.4 is 0 Å². The molecule has 23 heteroatoms. The molecule has 55 heavy (non-hydrogen) atoms. The number of aromatic nitrogens is 3. The maximum absolute atomic E-state index is 12.7. The fourth-order valence-electron chi connectivity index (χ4n) is 5.98. The molecule has 1 amide bonds. The minimum absolute atomic E-state index is 0.0112. The van der Waals surface area contributed by atoms with Crippen LogP contribution in [0.15, 0.2) is 6.20 Å². The molecule has 1 aromatic rings. The number of rotatable bonds is 14. The van der Waals surface area contributed by atoms with Gasteiger partial charge in [0.1, 0.15) is 43.8 Å². The maximum Gasteiger partial charge on any atom is 0.410 e. The van der Waals surface area contributed by atoms with Crippen molar-refractivity contribution >= 4 is 47.9 Å². The Bertz CT molecular complexity index is 1620. The Morgan fingerprint density at radius 2 is 1.15 bits per heavy atom. The smallest absolute Gasteiger partial charge is 0.410 e. The molecule has 10 atom stereocenters. The molecular weight excluding hydrogens is 744 g/mol. The summed E-state index contributed by atoms with van der Waals surface area (Å²) < 4.78 is 62.9. The van der Waals surface area contributed by atoms with E-state index in [0.29, 0.717) is 6.54 Å². The lowest BCUT2D eigenvalue weighted by Crippen LogP contribution is -2.66. The summed E-state index contributed by atoms with van der Waals surface area (Å²) in [5.41, 5.74) is 0.264. The van der Waals surface area contributed by atoms with Crippen LogP contribution in [-0.4, -0.2) is 149 Å². The number of cyclic esters (lactones) is 1. The summed E-state index contributed by atoms with van der Waals surface area (Å²) in [6.07, 6.45) is -15.1. The molecule has 0 bridgehead atoms. The van der Waals surface area contributed by atoms with Crippen molar-refractivity contribution in [1.82, 2.24) is 19.9 Å². The van der Waals surface area contributed by atoms with Crippen LogP contribution in [0, 0.1) is 0 Å². The molecule has 304 valence electrons. The average molecular weight is 787 g/mol. The number of hydrogen-bond acceptors (Lipinski definition) is 21. The second kappa shape index (κ2) is 18.8. The normalized spacial score (nSPS) is 28.9. The number of carbonyl (C=O) groups is 8. The first-order valence-electron chi connectivity index (χ1n) is 16.8. The summed E-state index contributed by atoms with van der Waals surface area (Å²) in [6.45, 7) is 6.67. The van der Waals surface area contributed by atoms with Crippen molar-refractivity contribution in [3.63, 3.8) is 0 Å². The number of ether oxygens (including phenoxy) is 11. The number of esters is 7. The van der Waals surface area contributed by atoms with Crippen LogP contribution in [0.25, 0.3) is 0 Å². The van der Waals surface area contributed by atoms with Crippen molar-refractivity contribution in [3.8, 4) is 0 Å². The van der Waals surface area contributed by atoms with Gasteiger partial charge < -0.3 is 52.1 Å². The van der Waals surface area contributed by atoms with Crippen LogP contribution in [0.1, 0.15) is 60.4 Å². The van der Waals surface area contributed by atoms with Gasteiger partial charge in [0.15, 0.2) is 43.0 Å². The summed E-state index contributed by atoms with van der Waals surface area (Å²) >= 11 is 0. The summed E-state index contributed by atoms with van der Waals surface area (Å²) in [5, 5.41) is 8.15. The summed E-state index contributed by atoms with van der Waals surface area (Å²) in [4.78, 5) is 99.5. The van der Waals surface area contributed by atoms with Crippen LogP contribution in [-0.2, 0) is 92.2 Å². The Balaban J connectivity index is 1.80. The van der Waals surface area contributed by atoms with Gasteiger partial charge in [-0.2, -0.15) is 0 Å². The summed E-state index contributed by atoms with van der Waals surface area (Å²) in [6, 6.07) is 0. The lowest BCUT2D eigenvalue weighted by atomic mass is 9.95. The Labute approximate surface area is 312 Å². The molecular formula is C32H42N4O19. The molecule has 3 aliphatic rings. The highest BCUT2D eigenvalue weighted by molar-refractivity contribution is 5.70. The van der Waals surface area contributed by atoms with E-state index in [0.717, 1.165) is 53.1 Å². The first kappa shape index (κ1) is 42.3. The van der Waals surface area contributed by atoms with Gasteiger partial charge in [-0.15, -0.1) is 5.10 Å². The predicted molar refractivity (Wildman–Crippen MR) is 170 cm³/mol. The van der Waals surface area contributed by atoms with E-state index in [2.05, 4.69) is 10.3 Å². The molecule has 3 saturated heterocycles. The topological polar surface area (TPSA) is 272 Å². The summed E-state index contributed by atoms with van der Waals surface area (Å²) in [5.74, 6) is -6.03. The standard InChI is InChI=1S/C32H42N4O19/c1-14(37)46-12-22-25(55-31-29(52-20(7)43)27(50-18(5)41)24(48-16(3)39)23(54-31)13-47-15(2)38)26(49-17(4)40)28(51-19(6)42)30(53-22)36-11-21(33-34-36)10-35-8-9-45-32(35)44/h11,22-31H,8-10,12-13H2,1-7H3/t22-,23-,24+,25-,26+,27+,28-,29-,30-,31+/m1/s1. The summed E-state index contributed by atoms with van der Waals surface area (Å²) in [7, 11) is 0. The minimum Gasteiger partial charge on any atom is -0.463 e. The van der Waals surface area contributed by atoms with Crippen molar-refractivity contribution in [2.45, 2.75) is 116 Å². The Hall–Kier alpha value is -5.42. The van der Waals surface area contributed by atoms with E-state index >= 15 is 0 Å². The molecule has 0 aliphatic carbocycles. The number of carbonyl (C=O) groups excluding carboxylic acids is 8. The molecule has 23 nitrogen and oxygen atoms in total. The largest absolute Gasteiger partial charge is 0.463 e.